The van der Waals surface area contributed by atoms with E-state index in [1.54, 1.807) is 0 Å². The van der Waals surface area contributed by atoms with E-state index in [1.807, 2.05) is 18.2 Å². The molecule has 0 bridgehead atoms. The minimum absolute atomic E-state index is 0.266. The number of halogens is 2. The van der Waals surface area contributed by atoms with Gasteiger partial charge in [0.25, 0.3) is 0 Å². The molecule has 1 aliphatic heterocycles. The van der Waals surface area contributed by atoms with Gasteiger partial charge < -0.3 is 0 Å². The maximum absolute atomic E-state index is 14.1. The van der Waals surface area contributed by atoms with Gasteiger partial charge in [0, 0.05) is 38.8 Å². The Morgan fingerprint density at radius 3 is 2.32 bits per heavy atom. The van der Waals surface area contributed by atoms with E-state index in [9.17, 15) is 17.2 Å². The summed E-state index contributed by atoms with van der Waals surface area (Å²) < 4.78 is 54.1. The number of likely N-dealkylation sites (N-methyl/N-ethyl adjacent to an activating group) is 1. The molecule has 0 spiro atoms. The fourth-order valence-corrected chi connectivity index (χ4v) is 5.40. The lowest BCUT2D eigenvalue weighted by molar-refractivity contribution is 0.298. The molecule has 3 aromatic rings. The highest BCUT2D eigenvalue weighted by Gasteiger charge is 2.34. The third kappa shape index (κ3) is 4.69. The molecule has 1 aliphatic rings. The second kappa shape index (κ2) is 8.86. The zero-order chi connectivity index (χ0) is 22.0. The van der Waals surface area contributed by atoms with Gasteiger partial charge in [-0.05, 0) is 35.2 Å². The number of nitrogens with zero attached hydrogens (tertiary/aromatic N) is 2. The number of hydrogen-bond acceptors (Lipinski definition) is 3. The Kier molecular flexibility index (Phi) is 6.18. The molecule has 3 aromatic carbocycles. The van der Waals surface area contributed by atoms with Crippen molar-refractivity contribution in [3.05, 3.63) is 90.0 Å². The molecule has 1 atom stereocenters. The van der Waals surface area contributed by atoms with Crippen LogP contribution in [-0.4, -0.2) is 43.8 Å². The molecular weight excluding hydrogens is 418 g/mol. The SMILES string of the molecule is CN(C1CCN(Cc2ccc(-c3ccccc3)cc2)C1)S(=O)(=O)c1ccc(F)cc1F. The minimum atomic E-state index is -4.04. The largest absolute Gasteiger partial charge is 0.297 e. The van der Waals surface area contributed by atoms with Crippen molar-refractivity contribution >= 4 is 10.0 Å². The summed E-state index contributed by atoms with van der Waals surface area (Å²) in [5.41, 5.74) is 3.46. The summed E-state index contributed by atoms with van der Waals surface area (Å²) in [6.07, 6.45) is 0.653. The molecule has 31 heavy (non-hydrogen) atoms. The van der Waals surface area contributed by atoms with Gasteiger partial charge in [-0.25, -0.2) is 17.2 Å². The first-order valence-electron chi connectivity index (χ1n) is 10.1. The molecule has 1 saturated heterocycles. The van der Waals surface area contributed by atoms with Gasteiger partial charge in [0.15, 0.2) is 0 Å². The summed E-state index contributed by atoms with van der Waals surface area (Å²) in [7, 11) is -2.58. The molecule has 4 nitrogen and oxygen atoms in total. The Hall–Kier alpha value is -2.61. The van der Waals surface area contributed by atoms with Gasteiger partial charge in [0.2, 0.25) is 10.0 Å². The maximum Gasteiger partial charge on any atom is 0.246 e. The predicted molar refractivity (Wildman–Crippen MR) is 117 cm³/mol. The standard InChI is InChI=1S/C24H24F2N2O2S/c1-27(31(29,30)24-12-11-21(25)15-23(24)26)22-13-14-28(17-22)16-18-7-9-20(10-8-18)19-5-3-2-4-6-19/h2-12,15,22H,13-14,16-17H2,1H3. The van der Waals surface area contributed by atoms with Crippen molar-refractivity contribution < 1.29 is 17.2 Å². The van der Waals surface area contributed by atoms with E-state index >= 15 is 0 Å². The lowest BCUT2D eigenvalue weighted by atomic mass is 10.0. The Labute approximate surface area is 181 Å². The second-order valence-corrected chi connectivity index (χ2v) is 9.80. The van der Waals surface area contributed by atoms with Crippen molar-refractivity contribution in [2.75, 3.05) is 20.1 Å². The second-order valence-electron chi connectivity index (χ2n) is 7.84. The lowest BCUT2D eigenvalue weighted by Crippen LogP contribution is -2.39. The molecule has 7 heteroatoms. The Morgan fingerprint density at radius 2 is 1.65 bits per heavy atom. The molecule has 0 saturated carbocycles. The highest BCUT2D eigenvalue weighted by molar-refractivity contribution is 7.89. The van der Waals surface area contributed by atoms with Gasteiger partial charge in [-0.3, -0.25) is 4.90 Å². The first-order valence-corrected chi connectivity index (χ1v) is 11.6. The Bertz CT molecular complexity index is 1150. The Balaban J connectivity index is 1.41. The van der Waals surface area contributed by atoms with Crippen LogP contribution >= 0.6 is 0 Å². The predicted octanol–water partition coefficient (Wildman–Crippen LogP) is 4.53. The minimum Gasteiger partial charge on any atom is -0.297 e. The molecule has 162 valence electrons. The smallest absolute Gasteiger partial charge is 0.246 e. The number of hydrogen-bond donors (Lipinski definition) is 0. The van der Waals surface area contributed by atoms with Crippen LogP contribution in [-0.2, 0) is 16.6 Å². The van der Waals surface area contributed by atoms with E-state index in [-0.39, 0.29) is 6.04 Å². The molecule has 1 fully saturated rings. The van der Waals surface area contributed by atoms with Crippen molar-refractivity contribution in [1.29, 1.82) is 0 Å². The molecule has 0 amide bonds. The van der Waals surface area contributed by atoms with Gasteiger partial charge in [0.1, 0.15) is 16.5 Å². The third-order valence-corrected chi connectivity index (χ3v) is 7.72. The van der Waals surface area contributed by atoms with E-state index in [0.29, 0.717) is 25.6 Å². The summed E-state index contributed by atoms with van der Waals surface area (Å²) in [6, 6.07) is 20.8. The van der Waals surface area contributed by atoms with Crippen LogP contribution in [0.15, 0.2) is 77.7 Å². The van der Waals surface area contributed by atoms with Crippen molar-refractivity contribution in [3.8, 4) is 11.1 Å². The maximum atomic E-state index is 14.1. The van der Waals surface area contributed by atoms with E-state index in [1.165, 1.54) is 11.4 Å². The topological polar surface area (TPSA) is 40.6 Å². The number of benzene rings is 3. The van der Waals surface area contributed by atoms with E-state index in [2.05, 4.69) is 41.3 Å². The highest BCUT2D eigenvalue weighted by Crippen LogP contribution is 2.26. The van der Waals surface area contributed by atoms with Crippen LogP contribution in [0.1, 0.15) is 12.0 Å². The van der Waals surface area contributed by atoms with Crippen molar-refractivity contribution in [3.63, 3.8) is 0 Å². The van der Waals surface area contributed by atoms with Crippen LogP contribution in [0.4, 0.5) is 8.78 Å². The summed E-state index contributed by atoms with van der Waals surface area (Å²) in [5.74, 6) is -1.87. The zero-order valence-corrected chi connectivity index (χ0v) is 18.0. The van der Waals surface area contributed by atoms with Crippen LogP contribution in [0.25, 0.3) is 11.1 Å². The van der Waals surface area contributed by atoms with Crippen LogP contribution in [0.5, 0.6) is 0 Å². The molecule has 1 heterocycles. The van der Waals surface area contributed by atoms with Crippen molar-refractivity contribution in [2.24, 2.45) is 0 Å². The van der Waals surface area contributed by atoms with Crippen molar-refractivity contribution in [1.82, 2.24) is 9.21 Å². The molecular formula is C24H24F2N2O2S. The van der Waals surface area contributed by atoms with E-state index < -0.39 is 26.6 Å². The van der Waals surface area contributed by atoms with Crippen LogP contribution in [0.3, 0.4) is 0 Å². The van der Waals surface area contributed by atoms with E-state index in [0.717, 1.165) is 35.4 Å². The Morgan fingerprint density at radius 1 is 0.968 bits per heavy atom. The molecule has 0 aromatic heterocycles. The summed E-state index contributed by atoms with van der Waals surface area (Å²) in [4.78, 5) is 1.70. The average Bonchev–Trinajstić information content (AvgIpc) is 3.22. The molecule has 1 unspecified atom stereocenters. The normalized spacial score (nSPS) is 17.4. The number of likely N-dealkylation sites (tertiary alicyclic amines) is 1. The number of rotatable bonds is 6. The van der Waals surface area contributed by atoms with Crippen LogP contribution in [0.2, 0.25) is 0 Å². The van der Waals surface area contributed by atoms with Gasteiger partial charge in [-0.15, -0.1) is 0 Å². The molecule has 0 radical (unpaired) electrons. The third-order valence-electron chi connectivity index (χ3n) is 5.78. The zero-order valence-electron chi connectivity index (χ0n) is 17.2. The molecule has 4 rings (SSSR count). The summed E-state index contributed by atoms with van der Waals surface area (Å²) >= 11 is 0. The van der Waals surface area contributed by atoms with Crippen molar-refractivity contribution in [2.45, 2.75) is 23.9 Å². The van der Waals surface area contributed by atoms with Crippen LogP contribution < -0.4 is 0 Å². The van der Waals surface area contributed by atoms with Gasteiger partial charge >= 0.3 is 0 Å². The average molecular weight is 443 g/mol. The lowest BCUT2D eigenvalue weighted by Gasteiger charge is -2.24. The first kappa shape index (κ1) is 21.6. The monoisotopic (exact) mass is 442 g/mol. The van der Waals surface area contributed by atoms with Gasteiger partial charge in [-0.2, -0.15) is 4.31 Å². The number of sulfonamides is 1. The molecule has 0 aliphatic carbocycles. The van der Waals surface area contributed by atoms with Gasteiger partial charge in [0.05, 0.1) is 0 Å². The molecule has 0 N–H and O–H groups in total. The first-order chi connectivity index (χ1) is 14.8. The summed E-state index contributed by atoms with van der Waals surface area (Å²) in [5, 5.41) is 0. The fraction of sp³-hybridized carbons (Fsp3) is 0.250. The van der Waals surface area contributed by atoms with Crippen LogP contribution in [0, 0.1) is 11.6 Å². The summed E-state index contributed by atoms with van der Waals surface area (Å²) in [6.45, 7) is 2.01. The van der Waals surface area contributed by atoms with E-state index in [4.69, 9.17) is 0 Å². The highest BCUT2D eigenvalue weighted by atomic mass is 32.2. The quantitative estimate of drug-likeness (QED) is 0.563. The fourth-order valence-electron chi connectivity index (χ4n) is 3.98. The van der Waals surface area contributed by atoms with Gasteiger partial charge in [-0.1, -0.05) is 54.6 Å².